The maximum absolute atomic E-state index is 9.60. The zero-order chi connectivity index (χ0) is 13.2. The van der Waals surface area contributed by atoms with Crippen LogP contribution in [0.2, 0.25) is 0 Å². The highest BCUT2D eigenvalue weighted by Gasteiger charge is 2.22. The Morgan fingerprint density at radius 1 is 1.21 bits per heavy atom. The summed E-state index contributed by atoms with van der Waals surface area (Å²) in [5.41, 5.74) is 6.80. The molecule has 0 aliphatic carbocycles. The number of aromatic nitrogens is 2. The molecule has 1 saturated heterocycles. The summed E-state index contributed by atoms with van der Waals surface area (Å²) in [6.45, 7) is 1.40. The third-order valence-corrected chi connectivity index (χ3v) is 3.25. The molecular weight excluding hydrogens is 240 g/mol. The van der Waals surface area contributed by atoms with Crippen LogP contribution < -0.4 is 10.6 Å². The first-order chi connectivity index (χ1) is 9.22. The molecule has 1 unspecified atom stereocenters. The summed E-state index contributed by atoms with van der Waals surface area (Å²) in [4.78, 5) is 10.9. The molecule has 1 aliphatic rings. The fourth-order valence-corrected chi connectivity index (χ4v) is 2.28. The van der Waals surface area contributed by atoms with E-state index in [-0.39, 0.29) is 6.10 Å². The van der Waals surface area contributed by atoms with Crippen molar-refractivity contribution in [1.82, 2.24) is 9.97 Å². The van der Waals surface area contributed by atoms with Gasteiger partial charge in [0.1, 0.15) is 11.6 Å². The van der Waals surface area contributed by atoms with E-state index >= 15 is 0 Å². The van der Waals surface area contributed by atoms with Gasteiger partial charge in [-0.25, -0.2) is 9.97 Å². The maximum Gasteiger partial charge on any atom is 0.163 e. The predicted octanol–water partition coefficient (Wildman–Crippen LogP) is 1.30. The van der Waals surface area contributed by atoms with Gasteiger partial charge in [-0.05, 0) is 6.42 Å². The number of hydrogen-bond donors (Lipinski definition) is 2. The van der Waals surface area contributed by atoms with Crippen molar-refractivity contribution >= 4 is 11.6 Å². The van der Waals surface area contributed by atoms with E-state index in [9.17, 15) is 5.11 Å². The lowest BCUT2D eigenvalue weighted by molar-refractivity contribution is 0.198. The quantitative estimate of drug-likeness (QED) is 0.847. The molecule has 0 spiro atoms. The van der Waals surface area contributed by atoms with Gasteiger partial charge in [0.05, 0.1) is 6.10 Å². The standard InChI is InChI=1S/C14H16N4O/c15-12-8-13(18-7-6-11(19)9-18)17-14(16-12)10-4-2-1-3-5-10/h1-5,8,11,19H,6-7,9H2,(H2,15,16,17). The molecule has 1 atom stereocenters. The van der Waals surface area contributed by atoms with Crippen molar-refractivity contribution in [3.63, 3.8) is 0 Å². The van der Waals surface area contributed by atoms with Crippen LogP contribution >= 0.6 is 0 Å². The van der Waals surface area contributed by atoms with Crippen LogP contribution in [0.4, 0.5) is 11.6 Å². The molecule has 1 aliphatic heterocycles. The Hall–Kier alpha value is -2.14. The third-order valence-electron chi connectivity index (χ3n) is 3.25. The zero-order valence-corrected chi connectivity index (χ0v) is 10.5. The van der Waals surface area contributed by atoms with E-state index in [0.717, 1.165) is 24.3 Å². The van der Waals surface area contributed by atoms with Gasteiger partial charge in [0.2, 0.25) is 0 Å². The molecule has 98 valence electrons. The van der Waals surface area contributed by atoms with Gasteiger partial charge in [0.25, 0.3) is 0 Å². The molecule has 2 heterocycles. The second kappa shape index (κ2) is 4.85. The van der Waals surface area contributed by atoms with Crippen molar-refractivity contribution in [3.8, 4) is 11.4 Å². The van der Waals surface area contributed by atoms with E-state index in [4.69, 9.17) is 5.73 Å². The minimum atomic E-state index is -0.281. The molecule has 0 amide bonds. The first-order valence-electron chi connectivity index (χ1n) is 6.35. The van der Waals surface area contributed by atoms with Crippen LogP contribution in [0.1, 0.15) is 6.42 Å². The van der Waals surface area contributed by atoms with E-state index in [1.54, 1.807) is 6.07 Å². The van der Waals surface area contributed by atoms with E-state index in [0.29, 0.717) is 18.2 Å². The van der Waals surface area contributed by atoms with Crippen LogP contribution in [0.5, 0.6) is 0 Å². The molecule has 0 saturated carbocycles. The van der Waals surface area contributed by atoms with Crippen LogP contribution in [0.3, 0.4) is 0 Å². The van der Waals surface area contributed by atoms with Crippen molar-refractivity contribution in [2.45, 2.75) is 12.5 Å². The average molecular weight is 256 g/mol. The highest BCUT2D eigenvalue weighted by molar-refractivity contribution is 5.61. The molecule has 0 bridgehead atoms. The molecule has 3 N–H and O–H groups in total. The second-order valence-electron chi connectivity index (χ2n) is 4.73. The summed E-state index contributed by atoms with van der Waals surface area (Å²) >= 11 is 0. The summed E-state index contributed by atoms with van der Waals surface area (Å²) in [6.07, 6.45) is 0.487. The van der Waals surface area contributed by atoms with E-state index in [1.807, 2.05) is 35.2 Å². The number of nitrogens with zero attached hydrogens (tertiary/aromatic N) is 3. The third kappa shape index (κ3) is 2.51. The highest BCUT2D eigenvalue weighted by atomic mass is 16.3. The normalized spacial score (nSPS) is 18.8. The molecular formula is C14H16N4O. The number of nitrogens with two attached hydrogens (primary N) is 1. The Labute approximate surface area is 111 Å². The predicted molar refractivity (Wildman–Crippen MR) is 74.7 cm³/mol. The van der Waals surface area contributed by atoms with Gasteiger partial charge >= 0.3 is 0 Å². The molecule has 0 radical (unpaired) electrons. The van der Waals surface area contributed by atoms with Crippen LogP contribution in [0, 0.1) is 0 Å². The number of nitrogen functional groups attached to an aromatic ring is 1. The first-order valence-corrected chi connectivity index (χ1v) is 6.35. The number of benzene rings is 1. The monoisotopic (exact) mass is 256 g/mol. The van der Waals surface area contributed by atoms with Gasteiger partial charge in [-0.3, -0.25) is 0 Å². The van der Waals surface area contributed by atoms with Gasteiger partial charge in [-0.2, -0.15) is 0 Å². The Balaban J connectivity index is 1.97. The van der Waals surface area contributed by atoms with Gasteiger partial charge < -0.3 is 15.7 Å². The lowest BCUT2D eigenvalue weighted by Gasteiger charge is -2.17. The van der Waals surface area contributed by atoms with Crippen LogP contribution in [-0.2, 0) is 0 Å². The topological polar surface area (TPSA) is 75.3 Å². The van der Waals surface area contributed by atoms with E-state index in [2.05, 4.69) is 9.97 Å². The number of β-amino-alcohol motifs (C(OH)–C–C–N with tert-alkyl or cyclic N) is 1. The second-order valence-corrected chi connectivity index (χ2v) is 4.73. The fourth-order valence-electron chi connectivity index (χ4n) is 2.28. The van der Waals surface area contributed by atoms with Gasteiger partial charge in [-0.1, -0.05) is 30.3 Å². The van der Waals surface area contributed by atoms with Crippen LogP contribution in [0.15, 0.2) is 36.4 Å². The number of aliphatic hydroxyl groups is 1. The molecule has 1 aromatic heterocycles. The first kappa shape index (κ1) is 11.9. The van der Waals surface area contributed by atoms with Crippen molar-refractivity contribution in [3.05, 3.63) is 36.4 Å². The van der Waals surface area contributed by atoms with Gasteiger partial charge in [0.15, 0.2) is 5.82 Å². The number of anilines is 2. The Morgan fingerprint density at radius 2 is 2.00 bits per heavy atom. The Morgan fingerprint density at radius 3 is 2.68 bits per heavy atom. The number of rotatable bonds is 2. The maximum atomic E-state index is 9.60. The molecule has 19 heavy (non-hydrogen) atoms. The van der Waals surface area contributed by atoms with Crippen LogP contribution in [0.25, 0.3) is 11.4 Å². The smallest absolute Gasteiger partial charge is 0.163 e. The number of aliphatic hydroxyl groups excluding tert-OH is 1. The molecule has 5 nitrogen and oxygen atoms in total. The summed E-state index contributed by atoms with van der Waals surface area (Å²) in [5.74, 6) is 1.85. The minimum Gasteiger partial charge on any atom is -0.391 e. The largest absolute Gasteiger partial charge is 0.391 e. The summed E-state index contributed by atoms with van der Waals surface area (Å²) < 4.78 is 0. The SMILES string of the molecule is Nc1cc(N2CCC(O)C2)nc(-c2ccccc2)n1. The summed E-state index contributed by atoms with van der Waals surface area (Å²) in [5, 5.41) is 9.60. The van der Waals surface area contributed by atoms with Crippen LogP contribution in [-0.4, -0.2) is 34.3 Å². The molecule has 1 fully saturated rings. The zero-order valence-electron chi connectivity index (χ0n) is 10.5. The Kier molecular flexibility index (Phi) is 3.05. The van der Waals surface area contributed by atoms with Crippen molar-refractivity contribution in [2.75, 3.05) is 23.7 Å². The summed E-state index contributed by atoms with van der Waals surface area (Å²) in [7, 11) is 0. The van der Waals surface area contributed by atoms with E-state index in [1.165, 1.54) is 0 Å². The lowest BCUT2D eigenvalue weighted by atomic mass is 10.2. The minimum absolute atomic E-state index is 0.281. The fraction of sp³-hybridized carbons (Fsp3) is 0.286. The molecule has 2 aromatic rings. The number of hydrogen-bond acceptors (Lipinski definition) is 5. The highest BCUT2D eigenvalue weighted by Crippen LogP contribution is 2.23. The van der Waals surface area contributed by atoms with E-state index < -0.39 is 0 Å². The van der Waals surface area contributed by atoms with Gasteiger partial charge in [0, 0.05) is 24.7 Å². The van der Waals surface area contributed by atoms with Crippen molar-refractivity contribution in [2.24, 2.45) is 0 Å². The molecule has 3 rings (SSSR count). The van der Waals surface area contributed by atoms with Crippen molar-refractivity contribution < 1.29 is 5.11 Å². The molecule has 1 aromatic carbocycles. The van der Waals surface area contributed by atoms with Crippen molar-refractivity contribution in [1.29, 1.82) is 0 Å². The molecule has 5 heteroatoms. The Bertz CT molecular complexity index is 573. The lowest BCUT2D eigenvalue weighted by Crippen LogP contribution is -2.22. The van der Waals surface area contributed by atoms with Gasteiger partial charge in [-0.15, -0.1) is 0 Å². The average Bonchev–Trinajstić information content (AvgIpc) is 2.86. The summed E-state index contributed by atoms with van der Waals surface area (Å²) in [6, 6.07) is 11.5.